The number of hydrogen-bond acceptors (Lipinski definition) is 4. The van der Waals surface area contributed by atoms with E-state index in [1.165, 1.54) is 55.4 Å². The largest absolute Gasteiger partial charge is 0.497 e. The molecule has 1 heterocycles. The molecule has 0 radical (unpaired) electrons. The summed E-state index contributed by atoms with van der Waals surface area (Å²) in [6.07, 6.45) is 10.5. The Morgan fingerprint density at radius 3 is 2.45 bits per heavy atom. The van der Waals surface area contributed by atoms with Crippen molar-refractivity contribution in [1.29, 1.82) is 0 Å². The van der Waals surface area contributed by atoms with Crippen molar-refractivity contribution < 1.29 is 13.2 Å². The van der Waals surface area contributed by atoms with Gasteiger partial charge < -0.3 is 9.64 Å². The van der Waals surface area contributed by atoms with Crippen LogP contribution in [0.15, 0.2) is 22.7 Å². The predicted octanol–water partition coefficient (Wildman–Crippen LogP) is 4.99. The van der Waals surface area contributed by atoms with Crippen LogP contribution in [0.25, 0.3) is 0 Å². The summed E-state index contributed by atoms with van der Waals surface area (Å²) in [6.45, 7) is 5.32. The zero-order valence-electron chi connectivity index (χ0n) is 19.1. The molecule has 176 valence electrons. The smallest absolute Gasteiger partial charge is 0.211 e. The minimum Gasteiger partial charge on any atom is -0.497 e. The molecular weight excluding hydrogens is 476 g/mol. The van der Waals surface area contributed by atoms with Crippen LogP contribution in [0.1, 0.15) is 63.9 Å². The molecule has 31 heavy (non-hydrogen) atoms. The van der Waals surface area contributed by atoms with Crippen LogP contribution in [0.3, 0.4) is 0 Å². The number of methoxy groups -OCH3 is 1. The highest BCUT2D eigenvalue weighted by molar-refractivity contribution is 9.10. The van der Waals surface area contributed by atoms with Crippen molar-refractivity contribution in [2.45, 2.75) is 70.8 Å². The molecule has 7 heteroatoms. The molecule has 0 aromatic heterocycles. The number of piperidine rings is 1. The van der Waals surface area contributed by atoms with Crippen molar-refractivity contribution in [2.24, 2.45) is 11.8 Å². The number of sulfonamides is 1. The van der Waals surface area contributed by atoms with Crippen molar-refractivity contribution in [3.63, 3.8) is 0 Å². The summed E-state index contributed by atoms with van der Waals surface area (Å²) in [5, 5.41) is 0. The molecule has 1 aromatic carbocycles. The van der Waals surface area contributed by atoms with Crippen molar-refractivity contribution in [3.05, 3.63) is 28.2 Å². The third kappa shape index (κ3) is 8.02. The number of ether oxygens (including phenoxy) is 1. The Bertz CT molecular complexity index is 786. The summed E-state index contributed by atoms with van der Waals surface area (Å²) in [5.41, 5.74) is 1.36. The standard InChI is InChI=1S/C24H39BrN2O3S/c1-3-31(28,29)26-22-8-6-19(7-9-22)5-4-14-27-15-12-20(13-16-27)17-21-18-23(30-2)10-11-24(21)25/h10-11,18-20,22,26H,3-9,12-17H2,1-2H3/t19-,22-. The third-order valence-electron chi connectivity index (χ3n) is 7.13. The van der Waals surface area contributed by atoms with Gasteiger partial charge in [0.25, 0.3) is 0 Å². The van der Waals surface area contributed by atoms with E-state index in [-0.39, 0.29) is 11.8 Å². The number of nitrogens with one attached hydrogen (secondary N) is 1. The number of hydrogen-bond donors (Lipinski definition) is 1. The Morgan fingerprint density at radius 1 is 1.10 bits per heavy atom. The number of benzene rings is 1. The predicted molar refractivity (Wildman–Crippen MR) is 131 cm³/mol. The lowest BCUT2D eigenvalue weighted by Gasteiger charge is -2.33. The maximum atomic E-state index is 11.7. The fourth-order valence-corrected chi connectivity index (χ4v) is 6.39. The Labute approximate surface area is 197 Å². The Kier molecular flexibility index (Phi) is 9.68. The van der Waals surface area contributed by atoms with Gasteiger partial charge in [-0.05, 0) is 120 Å². The fourth-order valence-electron chi connectivity index (χ4n) is 5.07. The molecule has 0 spiro atoms. The average Bonchev–Trinajstić information content (AvgIpc) is 2.77. The van der Waals surface area contributed by atoms with Crippen LogP contribution < -0.4 is 9.46 Å². The van der Waals surface area contributed by atoms with E-state index >= 15 is 0 Å². The van der Waals surface area contributed by atoms with Gasteiger partial charge in [-0.25, -0.2) is 13.1 Å². The Hall–Kier alpha value is -0.630. The second-order valence-corrected chi connectivity index (χ2v) is 12.2. The lowest BCUT2D eigenvalue weighted by Crippen LogP contribution is -2.38. The van der Waals surface area contributed by atoms with Crippen LogP contribution in [0.5, 0.6) is 5.75 Å². The van der Waals surface area contributed by atoms with Crippen LogP contribution in [0.2, 0.25) is 0 Å². The highest BCUT2D eigenvalue weighted by Gasteiger charge is 2.25. The second kappa shape index (κ2) is 12.0. The summed E-state index contributed by atoms with van der Waals surface area (Å²) in [7, 11) is -1.34. The minimum atomic E-state index is -3.06. The van der Waals surface area contributed by atoms with Gasteiger partial charge in [-0.1, -0.05) is 15.9 Å². The fraction of sp³-hybridized carbons (Fsp3) is 0.750. The molecule has 3 rings (SSSR count). The quantitative estimate of drug-likeness (QED) is 0.477. The first kappa shape index (κ1) is 25.0. The molecule has 1 aromatic rings. The van der Waals surface area contributed by atoms with Gasteiger partial charge in [-0.3, -0.25) is 0 Å². The van der Waals surface area contributed by atoms with E-state index in [2.05, 4.69) is 37.7 Å². The number of halogens is 1. The lowest BCUT2D eigenvalue weighted by molar-refractivity contribution is 0.175. The first-order valence-electron chi connectivity index (χ1n) is 11.9. The van der Waals surface area contributed by atoms with Crippen molar-refractivity contribution in [3.8, 4) is 5.75 Å². The molecule has 0 unspecified atom stereocenters. The molecule has 1 N–H and O–H groups in total. The molecule has 2 fully saturated rings. The highest BCUT2D eigenvalue weighted by atomic mass is 79.9. The lowest BCUT2D eigenvalue weighted by atomic mass is 9.83. The summed E-state index contributed by atoms with van der Waals surface area (Å²) in [6, 6.07) is 6.42. The van der Waals surface area contributed by atoms with Gasteiger partial charge in [0.2, 0.25) is 10.0 Å². The number of rotatable bonds is 10. The normalized spacial score (nSPS) is 23.7. The van der Waals surface area contributed by atoms with E-state index in [1.54, 1.807) is 14.0 Å². The molecule has 1 saturated heterocycles. The SMILES string of the molecule is CCS(=O)(=O)N[C@H]1CC[C@H](CCCN2CCC(Cc3cc(OC)ccc3Br)CC2)CC1. The first-order chi connectivity index (χ1) is 14.9. The molecule has 1 aliphatic carbocycles. The third-order valence-corrected chi connectivity index (χ3v) is 9.35. The zero-order chi connectivity index (χ0) is 22.3. The Balaban J connectivity index is 1.31. The molecular formula is C24H39BrN2O3S. The molecule has 0 atom stereocenters. The van der Waals surface area contributed by atoms with E-state index in [4.69, 9.17) is 4.74 Å². The summed E-state index contributed by atoms with van der Waals surface area (Å²) in [4.78, 5) is 2.64. The second-order valence-electron chi connectivity index (χ2n) is 9.33. The summed E-state index contributed by atoms with van der Waals surface area (Å²) >= 11 is 3.69. The van der Waals surface area contributed by atoms with Gasteiger partial charge in [0.1, 0.15) is 5.75 Å². The Morgan fingerprint density at radius 2 is 1.81 bits per heavy atom. The molecule has 1 saturated carbocycles. The van der Waals surface area contributed by atoms with Crippen LogP contribution in [0, 0.1) is 11.8 Å². The zero-order valence-corrected chi connectivity index (χ0v) is 21.5. The molecule has 5 nitrogen and oxygen atoms in total. The maximum Gasteiger partial charge on any atom is 0.211 e. The van der Waals surface area contributed by atoms with Crippen molar-refractivity contribution in [1.82, 2.24) is 9.62 Å². The first-order valence-corrected chi connectivity index (χ1v) is 14.4. The maximum absolute atomic E-state index is 11.7. The molecule has 2 aliphatic rings. The van der Waals surface area contributed by atoms with Gasteiger partial charge in [0.05, 0.1) is 12.9 Å². The molecule has 0 amide bonds. The highest BCUT2D eigenvalue weighted by Crippen LogP contribution is 2.30. The van der Waals surface area contributed by atoms with E-state index in [0.717, 1.165) is 49.7 Å². The van der Waals surface area contributed by atoms with Crippen LogP contribution in [-0.2, 0) is 16.4 Å². The van der Waals surface area contributed by atoms with Gasteiger partial charge in [-0.15, -0.1) is 0 Å². The van der Waals surface area contributed by atoms with E-state index in [9.17, 15) is 8.42 Å². The van der Waals surface area contributed by atoms with E-state index < -0.39 is 10.0 Å². The van der Waals surface area contributed by atoms with E-state index in [1.807, 2.05) is 6.07 Å². The van der Waals surface area contributed by atoms with Crippen LogP contribution in [-0.4, -0.2) is 51.9 Å². The minimum absolute atomic E-state index is 0.157. The molecule has 0 bridgehead atoms. The van der Waals surface area contributed by atoms with E-state index in [0.29, 0.717) is 0 Å². The molecule has 1 aliphatic heterocycles. The van der Waals surface area contributed by atoms with Crippen molar-refractivity contribution in [2.75, 3.05) is 32.5 Å². The number of likely N-dealkylation sites (tertiary alicyclic amines) is 1. The topological polar surface area (TPSA) is 58.6 Å². The van der Waals surface area contributed by atoms with Gasteiger partial charge in [0.15, 0.2) is 0 Å². The summed E-state index contributed by atoms with van der Waals surface area (Å²) < 4.78 is 32.9. The van der Waals surface area contributed by atoms with Gasteiger partial charge in [-0.2, -0.15) is 0 Å². The van der Waals surface area contributed by atoms with Crippen molar-refractivity contribution >= 4 is 26.0 Å². The van der Waals surface area contributed by atoms with Gasteiger partial charge >= 0.3 is 0 Å². The summed E-state index contributed by atoms with van der Waals surface area (Å²) in [5.74, 6) is 2.64. The van der Waals surface area contributed by atoms with Crippen LogP contribution in [0.4, 0.5) is 0 Å². The monoisotopic (exact) mass is 514 g/mol. The number of nitrogens with zero attached hydrogens (tertiary/aromatic N) is 1. The van der Waals surface area contributed by atoms with Crippen LogP contribution >= 0.6 is 15.9 Å². The average molecular weight is 516 g/mol. The van der Waals surface area contributed by atoms with Gasteiger partial charge in [0, 0.05) is 10.5 Å².